The third-order valence-corrected chi connectivity index (χ3v) is 4.22. The molecule has 1 aliphatic rings. The predicted molar refractivity (Wildman–Crippen MR) is 78.2 cm³/mol. The Hall–Kier alpha value is -1.71. The zero-order chi connectivity index (χ0) is 14.8. The molecule has 1 aliphatic heterocycles. The van der Waals surface area contributed by atoms with Crippen molar-refractivity contribution >= 4 is 5.91 Å². The van der Waals surface area contributed by atoms with E-state index >= 15 is 0 Å². The number of methoxy groups -OCH3 is 2. The lowest BCUT2D eigenvalue weighted by molar-refractivity contribution is -0.120. The summed E-state index contributed by atoms with van der Waals surface area (Å²) in [5.74, 6) is 2.09. The molecule has 0 aliphatic carbocycles. The van der Waals surface area contributed by atoms with Crippen molar-refractivity contribution in [1.82, 2.24) is 5.32 Å². The number of ether oxygens (including phenoxy) is 2. The van der Waals surface area contributed by atoms with Crippen molar-refractivity contribution in [3.05, 3.63) is 23.8 Å². The van der Waals surface area contributed by atoms with E-state index in [9.17, 15) is 4.79 Å². The highest BCUT2D eigenvalue weighted by atomic mass is 16.5. The first-order valence-corrected chi connectivity index (χ1v) is 7.02. The quantitative estimate of drug-likeness (QED) is 0.899. The molecule has 1 aromatic carbocycles. The minimum absolute atomic E-state index is 0.147. The Bertz CT molecular complexity index is 476. The Kier molecular flexibility index (Phi) is 4.21. The highest BCUT2D eigenvalue weighted by Crippen LogP contribution is 2.34. The third-order valence-electron chi connectivity index (χ3n) is 4.22. The molecule has 1 atom stereocenters. The van der Waals surface area contributed by atoms with Crippen LogP contribution in [0, 0.1) is 5.92 Å². The molecule has 1 unspecified atom stereocenters. The molecule has 20 heavy (non-hydrogen) atoms. The monoisotopic (exact) mass is 277 g/mol. The van der Waals surface area contributed by atoms with Gasteiger partial charge in [-0.2, -0.15) is 0 Å². The molecule has 110 valence electrons. The number of rotatable bonds is 5. The van der Waals surface area contributed by atoms with Crippen LogP contribution in [0.2, 0.25) is 0 Å². The molecule has 4 heteroatoms. The lowest BCUT2D eigenvalue weighted by atomic mass is 9.80. The molecule has 0 bridgehead atoms. The smallest absolute Gasteiger partial charge is 0.220 e. The van der Waals surface area contributed by atoms with Gasteiger partial charge in [0, 0.05) is 18.0 Å². The SMILES string of the molecule is COc1cc(CC2(C(C)C)CCC(=O)N2)cc(OC)c1. The summed E-state index contributed by atoms with van der Waals surface area (Å²) in [6.45, 7) is 4.31. The number of carbonyl (C=O) groups is 1. The molecule has 2 rings (SSSR count). The molecule has 1 fully saturated rings. The summed E-state index contributed by atoms with van der Waals surface area (Å²) in [4.78, 5) is 11.6. The Morgan fingerprint density at radius 2 is 1.80 bits per heavy atom. The minimum Gasteiger partial charge on any atom is -0.497 e. The second-order valence-corrected chi connectivity index (χ2v) is 5.76. The molecule has 0 saturated carbocycles. The minimum atomic E-state index is -0.158. The van der Waals surface area contributed by atoms with E-state index in [0.29, 0.717) is 12.3 Å². The van der Waals surface area contributed by atoms with E-state index in [2.05, 4.69) is 19.2 Å². The van der Waals surface area contributed by atoms with Crippen molar-refractivity contribution in [3.63, 3.8) is 0 Å². The van der Waals surface area contributed by atoms with E-state index in [1.165, 1.54) is 0 Å². The standard InChI is InChI=1S/C16H23NO3/c1-11(2)16(6-5-15(18)17-16)10-12-7-13(19-3)9-14(8-12)20-4/h7-9,11H,5-6,10H2,1-4H3,(H,17,18). The molecule has 1 heterocycles. The molecule has 0 aromatic heterocycles. The van der Waals surface area contributed by atoms with Crippen LogP contribution >= 0.6 is 0 Å². The molecule has 4 nitrogen and oxygen atoms in total. The maximum Gasteiger partial charge on any atom is 0.220 e. The van der Waals surface area contributed by atoms with Gasteiger partial charge in [0.15, 0.2) is 0 Å². The van der Waals surface area contributed by atoms with Crippen molar-refractivity contribution in [2.24, 2.45) is 5.92 Å². The normalized spacial score (nSPS) is 21.9. The fourth-order valence-electron chi connectivity index (χ4n) is 2.84. The van der Waals surface area contributed by atoms with Gasteiger partial charge in [0.2, 0.25) is 5.91 Å². The van der Waals surface area contributed by atoms with Crippen molar-refractivity contribution in [1.29, 1.82) is 0 Å². The van der Waals surface area contributed by atoms with Crippen molar-refractivity contribution in [2.75, 3.05) is 14.2 Å². The van der Waals surface area contributed by atoms with Gasteiger partial charge in [-0.15, -0.1) is 0 Å². The summed E-state index contributed by atoms with van der Waals surface area (Å²) in [6.07, 6.45) is 2.28. The molecule has 1 saturated heterocycles. The van der Waals surface area contributed by atoms with Gasteiger partial charge in [0.05, 0.1) is 14.2 Å². The fourth-order valence-corrected chi connectivity index (χ4v) is 2.84. The highest BCUT2D eigenvalue weighted by Gasteiger charge is 2.40. The van der Waals surface area contributed by atoms with Crippen LogP contribution in [0.25, 0.3) is 0 Å². The molecule has 1 N–H and O–H groups in total. The van der Waals surface area contributed by atoms with Gasteiger partial charge in [0.1, 0.15) is 11.5 Å². The Morgan fingerprint density at radius 1 is 1.20 bits per heavy atom. The molecule has 1 aromatic rings. The van der Waals surface area contributed by atoms with Crippen LogP contribution in [0.1, 0.15) is 32.3 Å². The summed E-state index contributed by atoms with van der Waals surface area (Å²) in [6, 6.07) is 5.88. The molecular formula is C16H23NO3. The van der Waals surface area contributed by atoms with Crippen LogP contribution in [-0.4, -0.2) is 25.7 Å². The molecular weight excluding hydrogens is 254 g/mol. The first-order valence-electron chi connectivity index (χ1n) is 7.02. The topological polar surface area (TPSA) is 47.6 Å². The average molecular weight is 277 g/mol. The van der Waals surface area contributed by atoms with Gasteiger partial charge < -0.3 is 14.8 Å². The largest absolute Gasteiger partial charge is 0.497 e. The number of carbonyl (C=O) groups excluding carboxylic acids is 1. The zero-order valence-electron chi connectivity index (χ0n) is 12.7. The van der Waals surface area contributed by atoms with E-state index in [0.717, 1.165) is 29.9 Å². The molecule has 1 amide bonds. The first-order chi connectivity index (χ1) is 9.49. The van der Waals surface area contributed by atoms with Gasteiger partial charge in [0.25, 0.3) is 0 Å². The van der Waals surface area contributed by atoms with Crippen LogP contribution in [0.3, 0.4) is 0 Å². The Labute approximate surface area is 120 Å². The number of hydrogen-bond donors (Lipinski definition) is 1. The second-order valence-electron chi connectivity index (χ2n) is 5.76. The van der Waals surface area contributed by atoms with E-state index in [4.69, 9.17) is 9.47 Å². The number of benzene rings is 1. The second kappa shape index (κ2) is 5.73. The maximum atomic E-state index is 11.6. The van der Waals surface area contributed by atoms with Crippen LogP contribution < -0.4 is 14.8 Å². The van der Waals surface area contributed by atoms with E-state index in [1.807, 2.05) is 18.2 Å². The summed E-state index contributed by atoms with van der Waals surface area (Å²) >= 11 is 0. The predicted octanol–water partition coefficient (Wildman–Crippen LogP) is 2.55. The van der Waals surface area contributed by atoms with Crippen LogP contribution in [0.4, 0.5) is 0 Å². The van der Waals surface area contributed by atoms with Crippen LogP contribution in [0.15, 0.2) is 18.2 Å². The van der Waals surface area contributed by atoms with Gasteiger partial charge in [-0.25, -0.2) is 0 Å². The van der Waals surface area contributed by atoms with E-state index < -0.39 is 0 Å². The number of hydrogen-bond acceptors (Lipinski definition) is 3. The summed E-state index contributed by atoms with van der Waals surface area (Å²) < 4.78 is 10.6. The van der Waals surface area contributed by atoms with Crippen LogP contribution in [0.5, 0.6) is 11.5 Å². The van der Waals surface area contributed by atoms with E-state index in [-0.39, 0.29) is 11.4 Å². The summed E-state index contributed by atoms with van der Waals surface area (Å²) in [5.41, 5.74) is 0.964. The first kappa shape index (κ1) is 14.7. The van der Waals surface area contributed by atoms with Gasteiger partial charge in [-0.05, 0) is 36.5 Å². The Balaban J connectivity index is 2.29. The average Bonchev–Trinajstić information content (AvgIpc) is 2.80. The van der Waals surface area contributed by atoms with Crippen molar-refractivity contribution in [2.45, 2.75) is 38.6 Å². The van der Waals surface area contributed by atoms with Crippen molar-refractivity contribution in [3.8, 4) is 11.5 Å². The zero-order valence-corrected chi connectivity index (χ0v) is 12.7. The van der Waals surface area contributed by atoms with E-state index in [1.54, 1.807) is 14.2 Å². The van der Waals surface area contributed by atoms with Gasteiger partial charge >= 0.3 is 0 Å². The summed E-state index contributed by atoms with van der Waals surface area (Å²) in [5, 5.41) is 3.17. The third kappa shape index (κ3) is 2.89. The Morgan fingerprint density at radius 3 is 2.20 bits per heavy atom. The summed E-state index contributed by atoms with van der Waals surface area (Å²) in [7, 11) is 3.29. The van der Waals surface area contributed by atoms with Crippen molar-refractivity contribution < 1.29 is 14.3 Å². The van der Waals surface area contributed by atoms with Gasteiger partial charge in [-0.1, -0.05) is 13.8 Å². The number of amides is 1. The van der Waals surface area contributed by atoms with Crippen LogP contribution in [-0.2, 0) is 11.2 Å². The maximum absolute atomic E-state index is 11.6. The van der Waals surface area contributed by atoms with Gasteiger partial charge in [-0.3, -0.25) is 4.79 Å². The highest BCUT2D eigenvalue weighted by molar-refractivity contribution is 5.79. The lowest BCUT2D eigenvalue weighted by Crippen LogP contribution is -2.48. The number of nitrogens with one attached hydrogen (secondary N) is 1. The molecule has 0 radical (unpaired) electrons. The fraction of sp³-hybridized carbons (Fsp3) is 0.562. The molecule has 0 spiro atoms. The lowest BCUT2D eigenvalue weighted by Gasteiger charge is -2.34.